The van der Waals surface area contributed by atoms with E-state index in [1.54, 1.807) is 6.92 Å². The third-order valence-corrected chi connectivity index (χ3v) is 2.78. The van der Waals surface area contributed by atoms with Crippen LogP contribution in [0.2, 0.25) is 0 Å². The van der Waals surface area contributed by atoms with Crippen molar-refractivity contribution in [1.29, 1.82) is 0 Å². The first-order valence-electron chi connectivity index (χ1n) is 4.92. The van der Waals surface area contributed by atoms with Crippen molar-refractivity contribution in [3.8, 4) is 0 Å². The second-order valence-corrected chi connectivity index (χ2v) is 4.24. The van der Waals surface area contributed by atoms with Gasteiger partial charge in [0.2, 0.25) is 5.91 Å². The molecule has 94 valence electrons. The average Bonchev–Trinajstić information content (AvgIpc) is 2.57. The lowest BCUT2D eigenvalue weighted by atomic mass is 9.85. The molecule has 0 bridgehead atoms. The van der Waals surface area contributed by atoms with E-state index in [9.17, 15) is 13.6 Å². The zero-order valence-corrected chi connectivity index (χ0v) is 9.00. The number of aliphatic hydroxyl groups is 1. The van der Waals surface area contributed by atoms with E-state index in [1.807, 2.05) is 0 Å². The number of hydrogen-bond donors (Lipinski definition) is 3. The summed E-state index contributed by atoms with van der Waals surface area (Å²) in [5.74, 6) is -3.89. The van der Waals surface area contributed by atoms with Gasteiger partial charge in [-0.1, -0.05) is 0 Å². The fourth-order valence-corrected chi connectivity index (χ4v) is 1.39. The van der Waals surface area contributed by atoms with Gasteiger partial charge in [-0.25, -0.2) is 8.78 Å². The van der Waals surface area contributed by atoms with Crippen molar-refractivity contribution in [2.75, 3.05) is 26.4 Å². The van der Waals surface area contributed by atoms with Gasteiger partial charge in [0, 0.05) is 6.04 Å². The number of aliphatic hydroxyl groups excluding tert-OH is 1. The van der Waals surface area contributed by atoms with Crippen molar-refractivity contribution < 1.29 is 23.4 Å². The van der Waals surface area contributed by atoms with E-state index in [4.69, 9.17) is 15.6 Å². The Labute approximate surface area is 91.9 Å². The molecule has 5 nitrogen and oxygen atoms in total. The van der Waals surface area contributed by atoms with E-state index in [0.29, 0.717) is 0 Å². The van der Waals surface area contributed by atoms with Gasteiger partial charge >= 0.3 is 0 Å². The van der Waals surface area contributed by atoms with E-state index in [1.165, 1.54) is 0 Å². The van der Waals surface area contributed by atoms with Crippen LogP contribution in [0.15, 0.2) is 0 Å². The molecular weight excluding hydrogens is 222 g/mol. The normalized spacial score (nSPS) is 30.4. The predicted octanol–water partition coefficient (Wildman–Crippen LogP) is -0.906. The lowest BCUT2D eigenvalue weighted by molar-refractivity contribution is -0.133. The first-order chi connectivity index (χ1) is 7.32. The smallest absolute Gasteiger partial charge is 0.287 e. The Bertz CT molecular complexity index is 275. The van der Waals surface area contributed by atoms with E-state index in [0.717, 1.165) is 0 Å². The molecule has 16 heavy (non-hydrogen) atoms. The quantitative estimate of drug-likeness (QED) is 0.592. The summed E-state index contributed by atoms with van der Waals surface area (Å²) in [6.07, 6.45) is 0. The number of halogens is 2. The van der Waals surface area contributed by atoms with Crippen molar-refractivity contribution in [1.82, 2.24) is 5.32 Å². The van der Waals surface area contributed by atoms with Gasteiger partial charge in [-0.3, -0.25) is 4.79 Å². The first kappa shape index (κ1) is 13.3. The summed E-state index contributed by atoms with van der Waals surface area (Å²) in [5.41, 5.74) is 4.68. The second kappa shape index (κ2) is 4.60. The van der Waals surface area contributed by atoms with Crippen LogP contribution in [0.4, 0.5) is 8.78 Å². The number of alkyl halides is 2. The molecule has 0 aromatic heterocycles. The monoisotopic (exact) mass is 238 g/mol. The Morgan fingerprint density at radius 1 is 1.75 bits per heavy atom. The van der Waals surface area contributed by atoms with Crippen LogP contribution in [-0.4, -0.2) is 49.3 Å². The highest BCUT2D eigenvalue weighted by molar-refractivity contribution is 5.83. The molecule has 1 saturated heterocycles. The van der Waals surface area contributed by atoms with E-state index >= 15 is 0 Å². The molecule has 0 radical (unpaired) electrons. The van der Waals surface area contributed by atoms with Crippen molar-refractivity contribution in [2.24, 2.45) is 11.1 Å². The van der Waals surface area contributed by atoms with Crippen molar-refractivity contribution >= 4 is 5.91 Å². The summed E-state index contributed by atoms with van der Waals surface area (Å²) in [4.78, 5) is 11.7. The van der Waals surface area contributed by atoms with Gasteiger partial charge < -0.3 is 20.9 Å². The summed E-state index contributed by atoms with van der Waals surface area (Å²) >= 11 is 0. The van der Waals surface area contributed by atoms with Gasteiger partial charge in [0.25, 0.3) is 5.92 Å². The highest BCUT2D eigenvalue weighted by Gasteiger charge is 2.45. The first-order valence-corrected chi connectivity index (χ1v) is 4.92. The number of hydrogen-bond acceptors (Lipinski definition) is 4. The minimum atomic E-state index is -3.31. The number of amides is 1. The van der Waals surface area contributed by atoms with Crippen LogP contribution in [0.1, 0.15) is 6.92 Å². The van der Waals surface area contributed by atoms with Gasteiger partial charge in [-0.05, 0) is 6.92 Å². The minimum absolute atomic E-state index is 0.116. The molecule has 0 aliphatic carbocycles. The van der Waals surface area contributed by atoms with Gasteiger partial charge in [-0.15, -0.1) is 0 Å². The number of nitrogens with one attached hydrogen (secondary N) is 1. The van der Waals surface area contributed by atoms with Crippen molar-refractivity contribution in [2.45, 2.75) is 18.9 Å². The van der Waals surface area contributed by atoms with Crippen LogP contribution in [0.25, 0.3) is 0 Å². The fourth-order valence-electron chi connectivity index (χ4n) is 1.39. The molecule has 1 heterocycles. The Morgan fingerprint density at radius 2 is 2.38 bits per heavy atom. The Balaban J connectivity index is 2.53. The number of nitrogens with two attached hydrogens (primary N) is 1. The lowest BCUT2D eigenvalue weighted by Crippen LogP contribution is -2.52. The van der Waals surface area contributed by atoms with E-state index in [2.05, 4.69) is 5.32 Å². The molecule has 1 amide bonds. The molecule has 0 aromatic carbocycles. The SMILES string of the molecule is CC1(C(=O)NCC(F)(F)CO)COCC1N. The maximum atomic E-state index is 12.7. The molecule has 1 aliphatic heterocycles. The van der Waals surface area contributed by atoms with Gasteiger partial charge in [-0.2, -0.15) is 0 Å². The molecule has 1 fully saturated rings. The fraction of sp³-hybridized carbons (Fsp3) is 0.889. The second-order valence-electron chi connectivity index (χ2n) is 4.24. The molecule has 7 heteroatoms. The van der Waals surface area contributed by atoms with E-state index < -0.39 is 36.4 Å². The van der Waals surface area contributed by atoms with Crippen molar-refractivity contribution in [3.05, 3.63) is 0 Å². The maximum Gasteiger partial charge on any atom is 0.287 e. The number of carbonyl (C=O) groups excluding carboxylic acids is 1. The van der Waals surface area contributed by atoms with Crippen LogP contribution >= 0.6 is 0 Å². The van der Waals surface area contributed by atoms with Crippen LogP contribution < -0.4 is 11.1 Å². The largest absolute Gasteiger partial charge is 0.390 e. The molecule has 4 N–H and O–H groups in total. The molecule has 0 spiro atoms. The summed E-state index contributed by atoms with van der Waals surface area (Å²) in [6.45, 7) is -0.278. The minimum Gasteiger partial charge on any atom is -0.390 e. The Hall–Kier alpha value is -0.790. The van der Waals surface area contributed by atoms with Gasteiger partial charge in [0.1, 0.15) is 6.61 Å². The van der Waals surface area contributed by atoms with Crippen LogP contribution in [0.3, 0.4) is 0 Å². The van der Waals surface area contributed by atoms with E-state index in [-0.39, 0.29) is 13.2 Å². The lowest BCUT2D eigenvalue weighted by Gasteiger charge is -2.26. The zero-order chi connectivity index (χ0) is 12.4. The standard InChI is InChI=1S/C9H16F2N2O3/c1-8(5-16-2-6(8)12)7(15)13-3-9(10,11)4-14/h6,14H,2-5,12H2,1H3,(H,13,15). The topological polar surface area (TPSA) is 84.6 Å². The average molecular weight is 238 g/mol. The summed E-state index contributed by atoms with van der Waals surface area (Å²) in [7, 11) is 0. The third-order valence-electron chi connectivity index (χ3n) is 2.78. The van der Waals surface area contributed by atoms with Crippen LogP contribution in [-0.2, 0) is 9.53 Å². The molecule has 1 aliphatic rings. The maximum absolute atomic E-state index is 12.7. The van der Waals surface area contributed by atoms with Gasteiger partial charge in [0.05, 0.1) is 25.2 Å². The summed E-state index contributed by atoms with van der Waals surface area (Å²) < 4.78 is 30.4. The number of carbonyl (C=O) groups is 1. The van der Waals surface area contributed by atoms with Crippen LogP contribution in [0.5, 0.6) is 0 Å². The number of rotatable bonds is 4. The third kappa shape index (κ3) is 2.66. The van der Waals surface area contributed by atoms with Gasteiger partial charge in [0.15, 0.2) is 0 Å². The summed E-state index contributed by atoms with van der Waals surface area (Å²) in [5, 5.41) is 10.4. The zero-order valence-electron chi connectivity index (χ0n) is 9.00. The van der Waals surface area contributed by atoms with Crippen molar-refractivity contribution in [3.63, 3.8) is 0 Å². The Morgan fingerprint density at radius 3 is 2.81 bits per heavy atom. The molecule has 2 atom stereocenters. The molecular formula is C9H16F2N2O3. The molecule has 1 rings (SSSR count). The van der Waals surface area contributed by atoms with Crippen LogP contribution in [0, 0.1) is 5.41 Å². The predicted molar refractivity (Wildman–Crippen MR) is 51.9 cm³/mol. The number of ether oxygens (including phenoxy) is 1. The highest BCUT2D eigenvalue weighted by Crippen LogP contribution is 2.27. The summed E-state index contributed by atoms with van der Waals surface area (Å²) in [6, 6.07) is -0.504. The molecule has 2 unspecified atom stereocenters. The highest BCUT2D eigenvalue weighted by atomic mass is 19.3. The molecule has 0 saturated carbocycles. The Kier molecular flexibility index (Phi) is 3.82. The molecule has 0 aromatic rings.